The standard InChI is InChI=1S/C6H6N4O2.C2H6/c1-10-4-3(9-6(10)12)5(11)8-2-7-4;1-2/h2H,1H3,(H,9,12)(H,7,8,11);1-2H3. The second kappa shape index (κ2) is 3.91. The Labute approximate surface area is 79.6 Å². The highest BCUT2D eigenvalue weighted by Gasteiger charge is 2.05. The highest BCUT2D eigenvalue weighted by molar-refractivity contribution is 5.68. The molecule has 0 spiro atoms. The Kier molecular flexibility index (Phi) is 2.85. The molecule has 0 aliphatic heterocycles. The van der Waals surface area contributed by atoms with Crippen molar-refractivity contribution in [1.82, 2.24) is 19.5 Å². The first-order chi connectivity index (χ1) is 6.70. The highest BCUT2D eigenvalue weighted by Crippen LogP contribution is 1.95. The lowest BCUT2D eigenvalue weighted by molar-refractivity contribution is 0.877. The van der Waals surface area contributed by atoms with E-state index in [0.29, 0.717) is 5.65 Å². The van der Waals surface area contributed by atoms with E-state index in [4.69, 9.17) is 0 Å². The van der Waals surface area contributed by atoms with Crippen molar-refractivity contribution in [1.29, 1.82) is 0 Å². The molecule has 2 rings (SSSR count). The van der Waals surface area contributed by atoms with Crippen LogP contribution in [0.3, 0.4) is 0 Å². The van der Waals surface area contributed by atoms with Gasteiger partial charge in [0, 0.05) is 7.05 Å². The van der Waals surface area contributed by atoms with Gasteiger partial charge in [0.15, 0.2) is 11.2 Å². The van der Waals surface area contributed by atoms with Crippen LogP contribution >= 0.6 is 0 Å². The molecular formula is C8H12N4O2. The van der Waals surface area contributed by atoms with E-state index in [9.17, 15) is 9.59 Å². The molecule has 2 aromatic rings. The molecule has 76 valence electrons. The minimum atomic E-state index is -0.339. The fourth-order valence-corrected chi connectivity index (χ4v) is 1.04. The minimum Gasteiger partial charge on any atom is -0.311 e. The molecule has 6 nitrogen and oxygen atoms in total. The van der Waals surface area contributed by atoms with E-state index >= 15 is 0 Å². The molecule has 0 aromatic carbocycles. The van der Waals surface area contributed by atoms with Crippen LogP contribution in [0, 0.1) is 0 Å². The first kappa shape index (κ1) is 10.2. The summed E-state index contributed by atoms with van der Waals surface area (Å²) in [5.74, 6) is 0. The van der Waals surface area contributed by atoms with Gasteiger partial charge in [-0.15, -0.1) is 0 Å². The van der Waals surface area contributed by atoms with Crippen molar-refractivity contribution in [2.24, 2.45) is 7.05 Å². The number of imidazole rings is 1. The van der Waals surface area contributed by atoms with E-state index in [0.717, 1.165) is 0 Å². The summed E-state index contributed by atoms with van der Waals surface area (Å²) in [6.07, 6.45) is 1.26. The molecule has 2 aromatic heterocycles. The van der Waals surface area contributed by atoms with Crippen LogP contribution in [0.2, 0.25) is 0 Å². The van der Waals surface area contributed by atoms with Crippen LogP contribution in [0.4, 0.5) is 0 Å². The average molecular weight is 196 g/mol. The summed E-state index contributed by atoms with van der Waals surface area (Å²) in [5, 5.41) is 0. The number of nitrogens with one attached hydrogen (secondary N) is 2. The number of aromatic nitrogens is 4. The Morgan fingerprint density at radius 2 is 2.00 bits per heavy atom. The van der Waals surface area contributed by atoms with Crippen LogP contribution < -0.4 is 11.2 Å². The second-order valence-electron chi connectivity index (χ2n) is 2.42. The van der Waals surface area contributed by atoms with Crippen molar-refractivity contribution in [2.75, 3.05) is 0 Å². The molecule has 0 fully saturated rings. The van der Waals surface area contributed by atoms with Gasteiger partial charge in [0.25, 0.3) is 5.56 Å². The summed E-state index contributed by atoms with van der Waals surface area (Å²) in [6, 6.07) is 0. The van der Waals surface area contributed by atoms with Gasteiger partial charge in [0.2, 0.25) is 0 Å². The maximum atomic E-state index is 11.1. The molecule has 0 saturated carbocycles. The van der Waals surface area contributed by atoms with E-state index in [1.165, 1.54) is 10.9 Å². The molecule has 0 amide bonds. The second-order valence-corrected chi connectivity index (χ2v) is 2.42. The zero-order valence-corrected chi connectivity index (χ0v) is 8.29. The van der Waals surface area contributed by atoms with Crippen molar-refractivity contribution < 1.29 is 0 Å². The Morgan fingerprint density at radius 1 is 1.36 bits per heavy atom. The van der Waals surface area contributed by atoms with Crippen LogP contribution in [0.5, 0.6) is 0 Å². The fraction of sp³-hybridized carbons (Fsp3) is 0.375. The molecule has 0 radical (unpaired) electrons. The van der Waals surface area contributed by atoms with Gasteiger partial charge < -0.3 is 4.98 Å². The van der Waals surface area contributed by atoms with E-state index in [-0.39, 0.29) is 16.8 Å². The van der Waals surface area contributed by atoms with Gasteiger partial charge in [0.1, 0.15) is 0 Å². The van der Waals surface area contributed by atoms with Crippen molar-refractivity contribution in [3.63, 3.8) is 0 Å². The number of rotatable bonds is 0. The predicted octanol–water partition coefficient (Wildman–Crippen LogP) is -0.0239. The summed E-state index contributed by atoms with van der Waals surface area (Å²) in [5.41, 5.74) is -0.0966. The van der Waals surface area contributed by atoms with Crippen LogP contribution in [0.25, 0.3) is 11.2 Å². The van der Waals surface area contributed by atoms with E-state index in [2.05, 4.69) is 15.0 Å². The number of aryl methyl sites for hydroxylation is 1. The molecule has 0 bridgehead atoms. The maximum Gasteiger partial charge on any atom is 0.327 e. The Bertz CT molecular complexity index is 534. The van der Waals surface area contributed by atoms with Crippen molar-refractivity contribution >= 4 is 11.2 Å². The Balaban J connectivity index is 0.000000461. The summed E-state index contributed by atoms with van der Waals surface area (Å²) >= 11 is 0. The quantitative estimate of drug-likeness (QED) is 0.621. The lowest BCUT2D eigenvalue weighted by Crippen LogP contribution is -2.12. The van der Waals surface area contributed by atoms with Crippen LogP contribution in [0.15, 0.2) is 15.9 Å². The van der Waals surface area contributed by atoms with Gasteiger partial charge in [-0.3, -0.25) is 14.3 Å². The number of H-pyrrole nitrogens is 2. The Morgan fingerprint density at radius 3 is 2.57 bits per heavy atom. The van der Waals surface area contributed by atoms with E-state index in [1.54, 1.807) is 7.05 Å². The number of hydrogen-bond donors (Lipinski definition) is 2. The summed E-state index contributed by atoms with van der Waals surface area (Å²) in [7, 11) is 1.55. The van der Waals surface area contributed by atoms with Crippen LogP contribution in [-0.4, -0.2) is 19.5 Å². The number of hydrogen-bond acceptors (Lipinski definition) is 3. The van der Waals surface area contributed by atoms with Gasteiger partial charge in [0.05, 0.1) is 6.33 Å². The molecule has 2 N–H and O–H groups in total. The molecule has 2 heterocycles. The van der Waals surface area contributed by atoms with E-state index in [1.807, 2.05) is 13.8 Å². The van der Waals surface area contributed by atoms with Crippen LogP contribution in [0.1, 0.15) is 13.8 Å². The van der Waals surface area contributed by atoms with Gasteiger partial charge in [-0.2, -0.15) is 0 Å². The maximum absolute atomic E-state index is 11.1. The number of fused-ring (bicyclic) bond motifs is 1. The molecule has 0 aliphatic rings. The van der Waals surface area contributed by atoms with E-state index < -0.39 is 0 Å². The van der Waals surface area contributed by atoms with Gasteiger partial charge >= 0.3 is 5.69 Å². The van der Waals surface area contributed by atoms with Crippen LogP contribution in [-0.2, 0) is 7.05 Å². The first-order valence-electron chi connectivity index (χ1n) is 4.32. The van der Waals surface area contributed by atoms with Gasteiger partial charge in [-0.25, -0.2) is 9.78 Å². The predicted molar refractivity (Wildman–Crippen MR) is 53.3 cm³/mol. The first-order valence-corrected chi connectivity index (χ1v) is 4.32. The Hall–Kier alpha value is -1.85. The molecule has 0 aliphatic carbocycles. The number of aromatic amines is 2. The SMILES string of the molecule is CC.Cn1c(=O)[nH]c2c(=O)[nH]cnc21. The third-order valence-corrected chi connectivity index (χ3v) is 1.69. The zero-order chi connectivity index (χ0) is 10.7. The molecule has 0 saturated heterocycles. The topological polar surface area (TPSA) is 83.5 Å². The summed E-state index contributed by atoms with van der Waals surface area (Å²) < 4.78 is 1.28. The smallest absolute Gasteiger partial charge is 0.311 e. The monoisotopic (exact) mass is 196 g/mol. The molecule has 0 unspecified atom stereocenters. The molecule has 14 heavy (non-hydrogen) atoms. The van der Waals surface area contributed by atoms with Crippen molar-refractivity contribution in [3.8, 4) is 0 Å². The minimum absolute atomic E-state index is 0.213. The third-order valence-electron chi connectivity index (χ3n) is 1.69. The lowest BCUT2D eigenvalue weighted by atomic mass is 10.5. The van der Waals surface area contributed by atoms with Gasteiger partial charge in [-0.1, -0.05) is 13.8 Å². The number of nitrogens with zero attached hydrogens (tertiary/aromatic N) is 2. The largest absolute Gasteiger partial charge is 0.327 e. The fourth-order valence-electron chi connectivity index (χ4n) is 1.04. The van der Waals surface area contributed by atoms with Crippen molar-refractivity contribution in [2.45, 2.75) is 13.8 Å². The zero-order valence-electron chi connectivity index (χ0n) is 8.29. The molecule has 0 atom stereocenters. The van der Waals surface area contributed by atoms with Crippen molar-refractivity contribution in [3.05, 3.63) is 27.2 Å². The summed E-state index contributed by atoms with van der Waals surface area (Å²) in [6.45, 7) is 4.00. The normalized spacial score (nSPS) is 9.64. The molecular weight excluding hydrogens is 184 g/mol. The lowest BCUT2D eigenvalue weighted by Gasteiger charge is -1.88. The molecule has 6 heteroatoms. The average Bonchev–Trinajstić information content (AvgIpc) is 2.50. The van der Waals surface area contributed by atoms with Gasteiger partial charge in [-0.05, 0) is 0 Å². The third kappa shape index (κ3) is 1.46. The summed E-state index contributed by atoms with van der Waals surface area (Å²) in [4.78, 5) is 30.7. The highest BCUT2D eigenvalue weighted by atomic mass is 16.1.